The highest BCUT2D eigenvalue weighted by molar-refractivity contribution is 6.10. The molecule has 1 aliphatic carbocycles. The Morgan fingerprint density at radius 2 is 2.00 bits per heavy atom. The van der Waals surface area contributed by atoms with Crippen LogP contribution in [0, 0.1) is 6.92 Å². The lowest BCUT2D eigenvalue weighted by molar-refractivity contribution is -0.00526. The number of aromatic nitrogens is 1. The molecule has 1 aromatic rings. The normalized spacial score (nSPS) is 26.2. The number of nitrogens with one attached hydrogen (secondary N) is 1. The zero-order valence-corrected chi connectivity index (χ0v) is 14.7. The fraction of sp³-hybridized carbons (Fsp3) is 0.611. The minimum Gasteiger partial charge on any atom is -0.439 e. The van der Waals surface area contributed by atoms with Crippen LogP contribution >= 0.6 is 0 Å². The fourth-order valence-electron chi connectivity index (χ4n) is 4.44. The van der Waals surface area contributed by atoms with Gasteiger partial charge < -0.3 is 19.5 Å². The minimum atomic E-state index is -0.617. The first-order valence-corrected chi connectivity index (χ1v) is 8.88. The van der Waals surface area contributed by atoms with E-state index >= 15 is 0 Å². The van der Waals surface area contributed by atoms with E-state index in [2.05, 4.69) is 4.98 Å². The Morgan fingerprint density at radius 3 is 2.72 bits per heavy atom. The molecule has 134 valence electrons. The average molecular weight is 345 g/mol. The lowest BCUT2D eigenvalue weighted by atomic mass is 9.90. The van der Waals surface area contributed by atoms with Crippen molar-refractivity contribution in [1.82, 2.24) is 14.8 Å². The molecule has 0 radical (unpaired) electrons. The number of rotatable bonds is 1. The molecule has 7 heteroatoms. The second-order valence-electron chi connectivity index (χ2n) is 7.49. The van der Waals surface area contributed by atoms with Crippen LogP contribution in [0.5, 0.6) is 0 Å². The van der Waals surface area contributed by atoms with Crippen LogP contribution in [-0.2, 0) is 11.2 Å². The van der Waals surface area contributed by atoms with Gasteiger partial charge in [0.05, 0.1) is 24.2 Å². The minimum absolute atomic E-state index is 0.0488. The van der Waals surface area contributed by atoms with E-state index in [4.69, 9.17) is 4.74 Å². The first-order valence-electron chi connectivity index (χ1n) is 8.88. The highest BCUT2D eigenvalue weighted by atomic mass is 16.6. The number of aromatic amines is 1. The van der Waals surface area contributed by atoms with Gasteiger partial charge in [-0.3, -0.25) is 9.59 Å². The summed E-state index contributed by atoms with van der Waals surface area (Å²) < 4.78 is 5.58. The van der Waals surface area contributed by atoms with Crippen molar-refractivity contribution in [1.29, 1.82) is 0 Å². The Balaban J connectivity index is 1.63. The van der Waals surface area contributed by atoms with Crippen molar-refractivity contribution in [3.8, 4) is 0 Å². The van der Waals surface area contributed by atoms with E-state index in [1.807, 2.05) is 6.92 Å². The van der Waals surface area contributed by atoms with E-state index in [0.717, 1.165) is 37.1 Å². The predicted octanol–water partition coefficient (Wildman–Crippen LogP) is 1.90. The molecule has 1 N–H and O–H groups in total. The van der Waals surface area contributed by atoms with Crippen LogP contribution < -0.4 is 0 Å². The van der Waals surface area contributed by atoms with Crippen LogP contribution in [0.1, 0.15) is 57.8 Å². The number of ether oxygens (including phenoxy) is 1. The summed E-state index contributed by atoms with van der Waals surface area (Å²) in [5.74, 6) is -0.0809. The van der Waals surface area contributed by atoms with Crippen molar-refractivity contribution in [3.63, 3.8) is 0 Å². The highest BCUT2D eigenvalue weighted by Gasteiger charge is 2.48. The number of Topliss-reactive ketones (excluding diaryl/α,β-unsaturated/α-hetero) is 1. The van der Waals surface area contributed by atoms with Crippen molar-refractivity contribution in [2.24, 2.45) is 0 Å². The topological polar surface area (TPSA) is 82.7 Å². The standard InChI is InChI=1S/C18H23N3O4/c1-11-14(15-12(19-11)5-3-6-13(15)22)16(23)21-8-4-7-18(10-21)9-20(2)17(24)25-18/h19H,3-10H2,1-2H3. The van der Waals surface area contributed by atoms with Crippen LogP contribution in [0.2, 0.25) is 0 Å². The Bertz CT molecular complexity index is 769. The second kappa shape index (κ2) is 5.61. The van der Waals surface area contributed by atoms with E-state index in [1.165, 1.54) is 0 Å². The SMILES string of the molecule is Cc1[nH]c2c(c1C(=O)N1CCCC3(CN(C)C(=O)O3)C1)C(=O)CCC2. The maximum absolute atomic E-state index is 13.2. The van der Waals surface area contributed by atoms with E-state index in [0.29, 0.717) is 37.2 Å². The smallest absolute Gasteiger partial charge is 0.410 e. The van der Waals surface area contributed by atoms with Crippen LogP contribution in [-0.4, -0.2) is 64.9 Å². The molecule has 0 aromatic carbocycles. The first-order chi connectivity index (χ1) is 11.9. The number of aryl methyl sites for hydroxylation is 2. The Hall–Kier alpha value is -2.31. The molecular formula is C18H23N3O4. The monoisotopic (exact) mass is 345 g/mol. The number of hydrogen-bond acceptors (Lipinski definition) is 4. The summed E-state index contributed by atoms with van der Waals surface area (Å²) in [7, 11) is 1.71. The van der Waals surface area contributed by atoms with Gasteiger partial charge in [0.2, 0.25) is 0 Å². The van der Waals surface area contributed by atoms with Gasteiger partial charge >= 0.3 is 6.09 Å². The third-order valence-electron chi connectivity index (χ3n) is 5.56. The number of nitrogens with zero attached hydrogens (tertiary/aromatic N) is 2. The third kappa shape index (κ3) is 2.53. The summed E-state index contributed by atoms with van der Waals surface area (Å²) >= 11 is 0. The quantitative estimate of drug-likeness (QED) is 0.843. The third-order valence-corrected chi connectivity index (χ3v) is 5.56. The van der Waals surface area contributed by atoms with Gasteiger partial charge in [-0.15, -0.1) is 0 Å². The molecule has 7 nitrogen and oxygen atoms in total. The van der Waals surface area contributed by atoms with E-state index in [1.54, 1.807) is 16.8 Å². The number of carbonyl (C=O) groups is 3. The zero-order chi connectivity index (χ0) is 17.8. The Labute approximate surface area is 146 Å². The molecule has 1 aromatic heterocycles. The summed E-state index contributed by atoms with van der Waals surface area (Å²) in [5.41, 5.74) is 2.11. The molecule has 1 spiro atoms. The molecule has 2 saturated heterocycles. The van der Waals surface area contributed by atoms with E-state index in [9.17, 15) is 14.4 Å². The highest BCUT2D eigenvalue weighted by Crippen LogP contribution is 2.34. The number of H-pyrrole nitrogens is 1. The maximum Gasteiger partial charge on any atom is 0.410 e. The van der Waals surface area contributed by atoms with Crippen LogP contribution in [0.4, 0.5) is 4.79 Å². The van der Waals surface area contributed by atoms with Gasteiger partial charge in [0.25, 0.3) is 5.91 Å². The van der Waals surface area contributed by atoms with Gasteiger partial charge in [0, 0.05) is 31.4 Å². The summed E-state index contributed by atoms with van der Waals surface area (Å²) in [6.45, 7) is 3.35. The van der Waals surface area contributed by atoms with Gasteiger partial charge in [0.15, 0.2) is 5.78 Å². The summed E-state index contributed by atoms with van der Waals surface area (Å²) in [6.07, 6.45) is 3.34. The van der Waals surface area contributed by atoms with Crippen molar-refractivity contribution in [3.05, 3.63) is 22.5 Å². The molecule has 4 rings (SSSR count). The summed E-state index contributed by atoms with van der Waals surface area (Å²) in [6, 6.07) is 0. The summed E-state index contributed by atoms with van der Waals surface area (Å²) in [4.78, 5) is 43.9. The van der Waals surface area contributed by atoms with Crippen molar-refractivity contribution < 1.29 is 19.1 Å². The molecule has 1 unspecified atom stereocenters. The van der Waals surface area contributed by atoms with Crippen molar-refractivity contribution >= 4 is 17.8 Å². The van der Waals surface area contributed by atoms with Crippen molar-refractivity contribution in [2.75, 3.05) is 26.7 Å². The van der Waals surface area contributed by atoms with Gasteiger partial charge in [-0.1, -0.05) is 0 Å². The number of amides is 2. The Morgan fingerprint density at radius 1 is 1.20 bits per heavy atom. The molecule has 3 aliphatic rings. The lowest BCUT2D eigenvalue weighted by Gasteiger charge is -2.38. The van der Waals surface area contributed by atoms with Crippen LogP contribution in [0.25, 0.3) is 0 Å². The Kier molecular flexibility index (Phi) is 3.63. The number of ketones is 1. The zero-order valence-electron chi connectivity index (χ0n) is 14.7. The fourth-order valence-corrected chi connectivity index (χ4v) is 4.44. The second-order valence-corrected chi connectivity index (χ2v) is 7.49. The number of fused-ring (bicyclic) bond motifs is 1. The molecule has 0 bridgehead atoms. The van der Waals surface area contributed by atoms with Gasteiger partial charge in [-0.05, 0) is 32.6 Å². The van der Waals surface area contributed by atoms with Gasteiger partial charge in [-0.25, -0.2) is 4.79 Å². The molecule has 25 heavy (non-hydrogen) atoms. The molecule has 3 heterocycles. The largest absolute Gasteiger partial charge is 0.439 e. The number of likely N-dealkylation sites (tertiary alicyclic amines) is 1. The maximum atomic E-state index is 13.2. The molecule has 1 atom stereocenters. The predicted molar refractivity (Wildman–Crippen MR) is 89.8 cm³/mol. The summed E-state index contributed by atoms with van der Waals surface area (Å²) in [5, 5.41) is 0. The van der Waals surface area contributed by atoms with E-state index in [-0.39, 0.29) is 17.8 Å². The number of piperidine rings is 1. The van der Waals surface area contributed by atoms with E-state index < -0.39 is 5.60 Å². The molecule has 2 fully saturated rings. The molecule has 2 aliphatic heterocycles. The van der Waals surface area contributed by atoms with Gasteiger partial charge in [-0.2, -0.15) is 0 Å². The van der Waals surface area contributed by atoms with Crippen molar-refractivity contribution in [2.45, 2.75) is 44.6 Å². The number of likely N-dealkylation sites (N-methyl/N-ethyl adjacent to an activating group) is 1. The molecule has 0 saturated carbocycles. The average Bonchev–Trinajstić information content (AvgIpc) is 3.04. The number of hydrogen-bond donors (Lipinski definition) is 1. The number of carbonyl (C=O) groups excluding carboxylic acids is 3. The van der Waals surface area contributed by atoms with Crippen LogP contribution in [0.3, 0.4) is 0 Å². The molecular weight excluding hydrogens is 322 g/mol. The van der Waals surface area contributed by atoms with Crippen LogP contribution in [0.15, 0.2) is 0 Å². The van der Waals surface area contributed by atoms with Gasteiger partial charge in [0.1, 0.15) is 5.60 Å². The molecule has 2 amide bonds. The first kappa shape index (κ1) is 16.2. The lowest BCUT2D eigenvalue weighted by Crippen LogP contribution is -2.52.